The molecule has 5 rings (SSSR count). The van der Waals surface area contributed by atoms with Crippen LogP contribution in [-0.4, -0.2) is 4.98 Å². The van der Waals surface area contributed by atoms with E-state index in [4.69, 9.17) is 8.83 Å². The maximum Gasteiger partial charge on any atom is 0.348 e. The summed E-state index contributed by atoms with van der Waals surface area (Å²) >= 11 is 0. The van der Waals surface area contributed by atoms with Gasteiger partial charge in [-0.2, -0.15) is 0 Å². The number of hydrogen-bond donors (Lipinski definition) is 1. The van der Waals surface area contributed by atoms with E-state index in [2.05, 4.69) is 23.3 Å². The molecule has 1 N–H and O–H groups in total. The van der Waals surface area contributed by atoms with Crippen LogP contribution in [0.1, 0.15) is 11.1 Å². The van der Waals surface area contributed by atoms with Crippen molar-refractivity contribution in [3.63, 3.8) is 0 Å². The molecular weight excluding hydrogens is 364 g/mol. The zero-order chi connectivity index (χ0) is 20.0. The number of benzene rings is 2. The number of nitrogens with zero attached hydrogens (tertiary/aromatic N) is 1. The number of aromatic nitrogens is 1. The largest absolute Gasteiger partial charge is 0.439 e. The first-order chi connectivity index (χ1) is 14.1. The lowest BCUT2D eigenvalue weighted by Gasteiger charge is -2.10. The summed E-state index contributed by atoms with van der Waals surface area (Å²) in [6, 6.07) is 17.2. The van der Waals surface area contributed by atoms with E-state index in [1.54, 1.807) is 18.5 Å². The minimum atomic E-state index is -0.435. The summed E-state index contributed by atoms with van der Waals surface area (Å²) in [5.74, 6) is 0.489. The molecule has 0 bridgehead atoms. The number of nitrogens with one attached hydrogen (secondary N) is 1. The molecular formula is C24H18N2O3. The van der Waals surface area contributed by atoms with Gasteiger partial charge in [-0.05, 0) is 43.7 Å². The van der Waals surface area contributed by atoms with Gasteiger partial charge in [0.15, 0.2) is 5.58 Å². The van der Waals surface area contributed by atoms with Crippen LogP contribution in [0.5, 0.6) is 0 Å². The Balaban J connectivity index is 1.83. The molecule has 5 heteroatoms. The number of para-hydroxylation sites is 1. The molecule has 29 heavy (non-hydrogen) atoms. The number of aryl methyl sites for hydroxylation is 2. The summed E-state index contributed by atoms with van der Waals surface area (Å²) in [7, 11) is 0. The van der Waals surface area contributed by atoms with Crippen LogP contribution in [0.15, 0.2) is 80.6 Å². The highest BCUT2D eigenvalue weighted by Gasteiger charge is 2.23. The quantitative estimate of drug-likeness (QED) is 0.390. The van der Waals surface area contributed by atoms with Crippen LogP contribution in [-0.2, 0) is 0 Å². The lowest BCUT2D eigenvalue weighted by molar-refractivity contribution is 0.566. The van der Waals surface area contributed by atoms with Gasteiger partial charge in [0.05, 0.1) is 10.9 Å². The molecule has 0 atom stereocenters. The fourth-order valence-electron chi connectivity index (χ4n) is 3.66. The summed E-state index contributed by atoms with van der Waals surface area (Å²) in [6.45, 7) is 4.09. The van der Waals surface area contributed by atoms with Gasteiger partial charge in [-0.25, -0.2) is 4.79 Å². The predicted molar refractivity (Wildman–Crippen MR) is 115 cm³/mol. The van der Waals surface area contributed by atoms with Gasteiger partial charge < -0.3 is 14.2 Å². The molecule has 2 aromatic carbocycles. The van der Waals surface area contributed by atoms with Gasteiger partial charge >= 0.3 is 5.63 Å². The molecule has 0 aliphatic heterocycles. The molecule has 0 spiro atoms. The van der Waals surface area contributed by atoms with Crippen LogP contribution in [0.2, 0.25) is 0 Å². The van der Waals surface area contributed by atoms with E-state index in [1.165, 1.54) is 5.56 Å². The Hall–Kier alpha value is -3.86. The Labute approximate surface area is 166 Å². The van der Waals surface area contributed by atoms with Crippen molar-refractivity contribution in [2.75, 3.05) is 5.32 Å². The summed E-state index contributed by atoms with van der Waals surface area (Å²) in [6.07, 6.45) is 3.41. The van der Waals surface area contributed by atoms with Crippen LogP contribution in [0.4, 0.5) is 11.6 Å². The standard InChI is InChI=1S/C24H18N2O3/c1-14-9-10-18(15(2)12-14)26-23-20(16-6-5-11-25-13-16)21-22(29-23)17-7-3-4-8-19(17)28-24(21)27/h3-13,26H,1-2H3. The van der Waals surface area contributed by atoms with Gasteiger partial charge in [-0.15, -0.1) is 0 Å². The highest BCUT2D eigenvalue weighted by Crippen LogP contribution is 2.40. The van der Waals surface area contributed by atoms with Crippen molar-refractivity contribution in [3.8, 4) is 11.1 Å². The third kappa shape index (κ3) is 2.88. The van der Waals surface area contributed by atoms with Gasteiger partial charge in [0, 0.05) is 23.6 Å². The molecule has 0 fully saturated rings. The van der Waals surface area contributed by atoms with E-state index in [0.717, 1.165) is 22.2 Å². The maximum absolute atomic E-state index is 12.9. The second-order valence-electron chi connectivity index (χ2n) is 7.08. The predicted octanol–water partition coefficient (Wildman–Crippen LogP) is 5.96. The van der Waals surface area contributed by atoms with Crippen molar-refractivity contribution in [3.05, 3.63) is 88.5 Å². The third-order valence-corrected chi connectivity index (χ3v) is 5.03. The first-order valence-electron chi connectivity index (χ1n) is 9.35. The average Bonchev–Trinajstić information content (AvgIpc) is 3.11. The first-order valence-corrected chi connectivity index (χ1v) is 9.35. The van der Waals surface area contributed by atoms with Gasteiger partial charge in [0.25, 0.3) is 0 Å². The number of anilines is 2. The normalized spacial score (nSPS) is 11.2. The second kappa shape index (κ2) is 6.63. The number of furan rings is 1. The fourth-order valence-corrected chi connectivity index (χ4v) is 3.66. The topological polar surface area (TPSA) is 68.3 Å². The Bertz CT molecular complexity index is 1420. The van der Waals surface area contributed by atoms with Gasteiger partial charge in [-0.3, -0.25) is 4.98 Å². The Morgan fingerprint density at radius 2 is 1.83 bits per heavy atom. The maximum atomic E-state index is 12.9. The minimum absolute atomic E-state index is 0.406. The highest BCUT2D eigenvalue weighted by atomic mass is 16.4. The summed E-state index contributed by atoms with van der Waals surface area (Å²) in [5.41, 5.74) is 5.16. The van der Waals surface area contributed by atoms with E-state index in [1.807, 2.05) is 49.4 Å². The van der Waals surface area contributed by atoms with Crippen molar-refractivity contribution in [2.24, 2.45) is 0 Å². The summed E-state index contributed by atoms with van der Waals surface area (Å²) in [4.78, 5) is 17.1. The van der Waals surface area contributed by atoms with Gasteiger partial charge in [0.2, 0.25) is 5.88 Å². The van der Waals surface area contributed by atoms with Crippen molar-refractivity contribution in [1.82, 2.24) is 4.98 Å². The van der Waals surface area contributed by atoms with Crippen molar-refractivity contribution < 1.29 is 8.83 Å². The molecule has 0 unspecified atom stereocenters. The molecule has 5 aromatic rings. The van der Waals surface area contributed by atoms with Crippen LogP contribution in [0.3, 0.4) is 0 Å². The van der Waals surface area contributed by atoms with Crippen LogP contribution >= 0.6 is 0 Å². The first kappa shape index (κ1) is 17.3. The SMILES string of the molecule is Cc1ccc(Nc2oc3c(c2-c2cccnc2)c(=O)oc2ccccc23)c(C)c1. The van der Waals surface area contributed by atoms with Crippen molar-refractivity contribution in [2.45, 2.75) is 13.8 Å². The van der Waals surface area contributed by atoms with E-state index >= 15 is 0 Å². The lowest BCUT2D eigenvalue weighted by Crippen LogP contribution is -2.00. The van der Waals surface area contributed by atoms with E-state index in [-0.39, 0.29) is 0 Å². The van der Waals surface area contributed by atoms with Crippen LogP contribution < -0.4 is 10.9 Å². The fraction of sp³-hybridized carbons (Fsp3) is 0.0833. The van der Waals surface area contributed by atoms with Crippen molar-refractivity contribution >= 4 is 33.5 Å². The molecule has 0 radical (unpaired) electrons. The minimum Gasteiger partial charge on any atom is -0.439 e. The van der Waals surface area contributed by atoms with Crippen molar-refractivity contribution in [1.29, 1.82) is 0 Å². The molecule has 3 aromatic heterocycles. The monoisotopic (exact) mass is 382 g/mol. The number of hydrogen-bond acceptors (Lipinski definition) is 5. The van der Waals surface area contributed by atoms with E-state index in [9.17, 15) is 4.79 Å². The molecule has 0 saturated carbocycles. The zero-order valence-corrected chi connectivity index (χ0v) is 16.0. The molecule has 0 aliphatic carbocycles. The zero-order valence-electron chi connectivity index (χ0n) is 16.0. The van der Waals surface area contributed by atoms with Gasteiger partial charge in [-0.1, -0.05) is 35.9 Å². The average molecular weight is 382 g/mol. The lowest BCUT2D eigenvalue weighted by atomic mass is 10.1. The number of fused-ring (bicyclic) bond motifs is 3. The molecule has 0 amide bonds. The Morgan fingerprint density at radius 3 is 2.62 bits per heavy atom. The third-order valence-electron chi connectivity index (χ3n) is 5.03. The van der Waals surface area contributed by atoms with Crippen LogP contribution in [0, 0.1) is 13.8 Å². The van der Waals surface area contributed by atoms with E-state index < -0.39 is 5.63 Å². The highest BCUT2D eigenvalue weighted by molar-refractivity contribution is 6.10. The number of rotatable bonds is 3. The van der Waals surface area contributed by atoms with Crippen LogP contribution in [0.25, 0.3) is 33.1 Å². The van der Waals surface area contributed by atoms with E-state index in [0.29, 0.717) is 28.0 Å². The summed E-state index contributed by atoms with van der Waals surface area (Å²) in [5, 5.41) is 4.53. The molecule has 0 saturated heterocycles. The van der Waals surface area contributed by atoms with Gasteiger partial charge in [0.1, 0.15) is 11.0 Å². The Kier molecular flexibility index (Phi) is 3.95. The second-order valence-corrected chi connectivity index (χ2v) is 7.08. The number of pyridine rings is 1. The smallest absolute Gasteiger partial charge is 0.348 e. The molecule has 3 heterocycles. The molecule has 5 nitrogen and oxygen atoms in total. The molecule has 0 aliphatic rings. The summed E-state index contributed by atoms with van der Waals surface area (Å²) < 4.78 is 11.8. The molecule has 142 valence electrons. The Morgan fingerprint density at radius 1 is 0.966 bits per heavy atom.